The maximum absolute atomic E-state index is 12.1. The molecule has 0 aromatic heterocycles. The van der Waals surface area contributed by atoms with Crippen LogP contribution in [0.5, 0.6) is 11.5 Å². The topological polar surface area (TPSA) is 88.0 Å². The Morgan fingerprint density at radius 2 is 1.64 bits per heavy atom. The van der Waals surface area contributed by atoms with Gasteiger partial charge in [-0.25, -0.2) is 10.2 Å². The first-order chi connectivity index (χ1) is 13.5. The summed E-state index contributed by atoms with van der Waals surface area (Å²) in [6, 6.07) is 19.0. The average molecular weight is 395 g/mol. The Morgan fingerprint density at radius 1 is 0.964 bits per heavy atom. The van der Waals surface area contributed by atoms with Crippen LogP contribution >= 0.6 is 11.6 Å². The Kier molecular flexibility index (Phi) is 6.04. The number of benzene rings is 3. The van der Waals surface area contributed by atoms with Gasteiger partial charge in [0.2, 0.25) is 0 Å². The quantitative estimate of drug-likeness (QED) is 0.296. The first-order valence-corrected chi connectivity index (χ1v) is 8.60. The molecule has 0 radical (unpaired) electrons. The number of phenolic OH excluding ortho intramolecular Hbond substituents is 1. The van der Waals surface area contributed by atoms with E-state index in [0.29, 0.717) is 21.9 Å². The van der Waals surface area contributed by atoms with Gasteiger partial charge >= 0.3 is 5.97 Å². The highest BCUT2D eigenvalue weighted by molar-refractivity contribution is 6.33. The van der Waals surface area contributed by atoms with E-state index in [2.05, 4.69) is 10.5 Å². The van der Waals surface area contributed by atoms with Gasteiger partial charge in [0, 0.05) is 5.56 Å². The summed E-state index contributed by atoms with van der Waals surface area (Å²) in [4.78, 5) is 24.0. The molecule has 0 unspecified atom stereocenters. The van der Waals surface area contributed by atoms with Gasteiger partial charge in [-0.1, -0.05) is 23.7 Å². The second-order valence-corrected chi connectivity index (χ2v) is 6.09. The van der Waals surface area contributed by atoms with Gasteiger partial charge in [-0.3, -0.25) is 4.79 Å². The number of phenols is 1. The molecule has 2 N–H and O–H groups in total. The zero-order valence-electron chi connectivity index (χ0n) is 14.5. The number of nitrogens with zero attached hydrogens (tertiary/aromatic N) is 1. The van der Waals surface area contributed by atoms with Crippen molar-refractivity contribution in [1.29, 1.82) is 0 Å². The van der Waals surface area contributed by atoms with Gasteiger partial charge in [0.15, 0.2) is 0 Å². The predicted molar refractivity (Wildman–Crippen MR) is 106 cm³/mol. The van der Waals surface area contributed by atoms with E-state index in [1.165, 1.54) is 30.5 Å². The summed E-state index contributed by atoms with van der Waals surface area (Å²) in [6.07, 6.45) is 1.46. The zero-order chi connectivity index (χ0) is 19.9. The lowest BCUT2D eigenvalue weighted by Gasteiger charge is -2.06. The average Bonchev–Trinajstić information content (AvgIpc) is 2.70. The van der Waals surface area contributed by atoms with Crippen molar-refractivity contribution in [3.63, 3.8) is 0 Å². The smallest absolute Gasteiger partial charge is 0.345 e. The van der Waals surface area contributed by atoms with Crippen LogP contribution in [0, 0.1) is 0 Å². The molecular formula is C21H15ClN2O4. The molecule has 1 amide bonds. The summed E-state index contributed by atoms with van der Waals surface area (Å²) in [6.45, 7) is 0. The normalized spacial score (nSPS) is 10.6. The van der Waals surface area contributed by atoms with Crippen LogP contribution < -0.4 is 10.2 Å². The molecule has 0 spiro atoms. The second kappa shape index (κ2) is 8.83. The predicted octanol–water partition coefficient (Wildman–Crippen LogP) is 4.03. The fraction of sp³-hybridized carbons (Fsp3) is 0. The van der Waals surface area contributed by atoms with Gasteiger partial charge < -0.3 is 9.84 Å². The first-order valence-electron chi connectivity index (χ1n) is 8.22. The first kappa shape index (κ1) is 19.1. The number of rotatable bonds is 5. The van der Waals surface area contributed by atoms with Gasteiger partial charge in [0.25, 0.3) is 5.91 Å². The Hall–Kier alpha value is -3.64. The molecule has 6 nitrogen and oxygen atoms in total. The van der Waals surface area contributed by atoms with Gasteiger partial charge in [0.1, 0.15) is 11.5 Å². The molecule has 0 fully saturated rings. The Bertz CT molecular complexity index is 1020. The van der Waals surface area contributed by atoms with E-state index in [-0.39, 0.29) is 11.3 Å². The third kappa shape index (κ3) is 4.96. The molecule has 0 bridgehead atoms. The van der Waals surface area contributed by atoms with E-state index in [9.17, 15) is 14.7 Å². The number of ether oxygens (including phenoxy) is 1. The van der Waals surface area contributed by atoms with Gasteiger partial charge in [-0.05, 0) is 66.2 Å². The maximum atomic E-state index is 12.1. The molecule has 0 aliphatic rings. The summed E-state index contributed by atoms with van der Waals surface area (Å²) in [5.41, 5.74) is 3.74. The summed E-state index contributed by atoms with van der Waals surface area (Å²) in [7, 11) is 0. The highest BCUT2D eigenvalue weighted by Gasteiger charge is 2.12. The van der Waals surface area contributed by atoms with Crippen LogP contribution in [0.4, 0.5) is 0 Å². The Labute approximate surface area is 166 Å². The molecule has 3 aromatic rings. The van der Waals surface area contributed by atoms with Gasteiger partial charge in [-0.2, -0.15) is 5.10 Å². The number of halogens is 1. The summed E-state index contributed by atoms with van der Waals surface area (Å²) in [5.74, 6) is -0.514. The lowest BCUT2D eigenvalue weighted by Crippen LogP contribution is -2.17. The minimum atomic E-state index is -0.548. The SMILES string of the molecule is O=C(N/N=C/c1ccc(OC(=O)c2ccccc2Cl)cc1)c1ccc(O)cc1. The van der Waals surface area contributed by atoms with E-state index in [0.717, 1.165) is 0 Å². The molecule has 0 aliphatic heterocycles. The number of amides is 1. The molecule has 0 heterocycles. The number of hydrazone groups is 1. The minimum Gasteiger partial charge on any atom is -0.508 e. The Balaban J connectivity index is 1.57. The van der Waals surface area contributed by atoms with Crippen LogP contribution in [0.25, 0.3) is 0 Å². The van der Waals surface area contributed by atoms with Crippen LogP contribution in [0.3, 0.4) is 0 Å². The van der Waals surface area contributed by atoms with E-state index < -0.39 is 11.9 Å². The van der Waals surface area contributed by atoms with Crippen molar-refractivity contribution in [3.05, 3.63) is 94.5 Å². The van der Waals surface area contributed by atoms with E-state index in [1.54, 1.807) is 48.5 Å². The number of hydrogen-bond donors (Lipinski definition) is 2. The van der Waals surface area contributed by atoms with Crippen molar-refractivity contribution in [3.8, 4) is 11.5 Å². The van der Waals surface area contributed by atoms with Crippen molar-refractivity contribution in [2.24, 2.45) is 5.10 Å². The fourth-order valence-corrected chi connectivity index (χ4v) is 2.47. The number of nitrogens with one attached hydrogen (secondary N) is 1. The molecule has 7 heteroatoms. The van der Waals surface area contributed by atoms with Gasteiger partial charge in [0.05, 0.1) is 16.8 Å². The van der Waals surface area contributed by atoms with E-state index >= 15 is 0 Å². The molecule has 0 saturated carbocycles. The van der Waals surface area contributed by atoms with Crippen LogP contribution in [-0.2, 0) is 0 Å². The number of hydrogen-bond acceptors (Lipinski definition) is 5. The molecule has 0 aliphatic carbocycles. The number of carbonyl (C=O) groups excluding carboxylic acids is 2. The highest BCUT2D eigenvalue weighted by Crippen LogP contribution is 2.19. The maximum Gasteiger partial charge on any atom is 0.345 e. The third-order valence-electron chi connectivity index (χ3n) is 3.69. The monoisotopic (exact) mass is 394 g/mol. The molecule has 3 rings (SSSR count). The third-order valence-corrected chi connectivity index (χ3v) is 4.02. The van der Waals surface area contributed by atoms with Crippen molar-refractivity contribution in [2.45, 2.75) is 0 Å². The minimum absolute atomic E-state index is 0.0791. The number of esters is 1. The molecule has 0 saturated heterocycles. The molecule has 0 atom stereocenters. The van der Waals surface area contributed by atoms with Crippen molar-refractivity contribution >= 4 is 29.7 Å². The summed E-state index contributed by atoms with van der Waals surface area (Å²) in [5, 5.41) is 13.4. The van der Waals surface area contributed by atoms with Crippen LogP contribution in [0.15, 0.2) is 77.9 Å². The van der Waals surface area contributed by atoms with E-state index in [1.807, 2.05) is 0 Å². The lowest BCUT2D eigenvalue weighted by molar-refractivity contribution is 0.0734. The van der Waals surface area contributed by atoms with Crippen LogP contribution in [-0.4, -0.2) is 23.2 Å². The number of aromatic hydroxyl groups is 1. The van der Waals surface area contributed by atoms with Crippen LogP contribution in [0.2, 0.25) is 5.02 Å². The molecular weight excluding hydrogens is 380 g/mol. The lowest BCUT2D eigenvalue weighted by atomic mass is 10.2. The van der Waals surface area contributed by atoms with Crippen molar-refractivity contribution < 1.29 is 19.4 Å². The van der Waals surface area contributed by atoms with E-state index in [4.69, 9.17) is 16.3 Å². The number of carbonyl (C=O) groups is 2. The Morgan fingerprint density at radius 3 is 2.32 bits per heavy atom. The fourth-order valence-electron chi connectivity index (χ4n) is 2.25. The van der Waals surface area contributed by atoms with Crippen molar-refractivity contribution in [1.82, 2.24) is 5.43 Å². The van der Waals surface area contributed by atoms with Crippen LogP contribution in [0.1, 0.15) is 26.3 Å². The summed E-state index contributed by atoms with van der Waals surface area (Å²) < 4.78 is 5.29. The zero-order valence-corrected chi connectivity index (χ0v) is 15.3. The second-order valence-electron chi connectivity index (χ2n) is 5.68. The van der Waals surface area contributed by atoms with Gasteiger partial charge in [-0.15, -0.1) is 0 Å². The largest absolute Gasteiger partial charge is 0.508 e. The van der Waals surface area contributed by atoms with Crippen molar-refractivity contribution in [2.75, 3.05) is 0 Å². The molecule has 28 heavy (non-hydrogen) atoms. The highest BCUT2D eigenvalue weighted by atomic mass is 35.5. The standard InChI is InChI=1S/C21H15ClN2O4/c22-19-4-2-1-3-18(19)21(27)28-17-11-5-14(6-12-17)13-23-24-20(26)15-7-9-16(25)10-8-15/h1-13,25H,(H,24,26)/b23-13+. The summed E-state index contributed by atoms with van der Waals surface area (Å²) >= 11 is 5.98. The molecule has 140 valence electrons. The molecule has 3 aromatic carbocycles.